The molecule has 0 aromatic rings. The van der Waals surface area contributed by atoms with Crippen LogP contribution >= 0.6 is 0 Å². The van der Waals surface area contributed by atoms with Crippen LogP contribution in [0.1, 0.15) is 64.2 Å². The van der Waals surface area contributed by atoms with E-state index < -0.39 is 0 Å². The predicted octanol–water partition coefficient (Wildman–Crippen LogP) is 3.42. The number of hydrogen-bond donors (Lipinski definition) is 1. The molecule has 0 bridgehead atoms. The SMILES string of the molecule is CNCCC1CCCCN1C1CCCC(C2CC2)C1. The molecule has 3 unspecified atom stereocenters. The van der Waals surface area contributed by atoms with Crippen LogP contribution in [0.5, 0.6) is 0 Å². The van der Waals surface area contributed by atoms with E-state index in [9.17, 15) is 0 Å². The summed E-state index contributed by atoms with van der Waals surface area (Å²) >= 11 is 0. The fourth-order valence-electron chi connectivity index (χ4n) is 4.62. The van der Waals surface area contributed by atoms with E-state index in [0.717, 1.165) is 23.9 Å². The first-order chi connectivity index (χ1) is 9.38. The van der Waals surface area contributed by atoms with Gasteiger partial charge in [-0.15, -0.1) is 0 Å². The van der Waals surface area contributed by atoms with Crippen LogP contribution in [-0.2, 0) is 0 Å². The van der Waals surface area contributed by atoms with E-state index in [-0.39, 0.29) is 0 Å². The highest BCUT2D eigenvalue weighted by Gasteiger charge is 2.38. The van der Waals surface area contributed by atoms with Crippen molar-refractivity contribution in [1.29, 1.82) is 0 Å². The lowest BCUT2D eigenvalue weighted by Gasteiger charge is -2.44. The van der Waals surface area contributed by atoms with Gasteiger partial charge in [0.15, 0.2) is 0 Å². The minimum Gasteiger partial charge on any atom is -0.320 e. The Morgan fingerprint density at radius 2 is 1.84 bits per heavy atom. The topological polar surface area (TPSA) is 15.3 Å². The lowest BCUT2D eigenvalue weighted by Crippen LogP contribution is -2.49. The molecule has 1 aliphatic heterocycles. The van der Waals surface area contributed by atoms with Crippen molar-refractivity contribution < 1.29 is 0 Å². The van der Waals surface area contributed by atoms with Gasteiger partial charge in [-0.2, -0.15) is 0 Å². The Labute approximate surface area is 119 Å². The van der Waals surface area contributed by atoms with Crippen LogP contribution in [0.4, 0.5) is 0 Å². The van der Waals surface area contributed by atoms with Crippen molar-refractivity contribution >= 4 is 0 Å². The van der Waals surface area contributed by atoms with Crippen molar-refractivity contribution in [2.45, 2.75) is 76.3 Å². The minimum atomic E-state index is 0.879. The number of nitrogens with zero attached hydrogens (tertiary/aromatic N) is 1. The number of likely N-dealkylation sites (tertiary alicyclic amines) is 1. The van der Waals surface area contributed by atoms with Crippen molar-refractivity contribution in [3.63, 3.8) is 0 Å². The van der Waals surface area contributed by atoms with Crippen LogP contribution in [0.2, 0.25) is 0 Å². The molecule has 3 aliphatic rings. The van der Waals surface area contributed by atoms with Crippen molar-refractivity contribution in [3.05, 3.63) is 0 Å². The molecule has 1 saturated heterocycles. The van der Waals surface area contributed by atoms with E-state index in [0.29, 0.717) is 0 Å². The van der Waals surface area contributed by atoms with Crippen molar-refractivity contribution in [3.8, 4) is 0 Å². The molecule has 1 N–H and O–H groups in total. The quantitative estimate of drug-likeness (QED) is 0.818. The molecular formula is C17H32N2. The molecule has 19 heavy (non-hydrogen) atoms. The highest BCUT2D eigenvalue weighted by molar-refractivity contribution is 4.91. The van der Waals surface area contributed by atoms with Crippen LogP contribution in [0.3, 0.4) is 0 Å². The molecule has 3 rings (SSSR count). The van der Waals surface area contributed by atoms with E-state index in [4.69, 9.17) is 0 Å². The molecule has 0 amide bonds. The van der Waals surface area contributed by atoms with Crippen molar-refractivity contribution in [2.24, 2.45) is 11.8 Å². The fraction of sp³-hybridized carbons (Fsp3) is 1.00. The molecule has 0 spiro atoms. The number of piperidine rings is 1. The maximum atomic E-state index is 3.35. The highest BCUT2D eigenvalue weighted by Crippen LogP contribution is 2.45. The third-order valence-corrected chi connectivity index (χ3v) is 5.85. The fourth-order valence-corrected chi connectivity index (χ4v) is 4.62. The Hall–Kier alpha value is -0.0800. The van der Waals surface area contributed by atoms with E-state index in [1.807, 2.05) is 0 Å². The number of hydrogen-bond acceptors (Lipinski definition) is 2. The maximum Gasteiger partial charge on any atom is 0.0110 e. The summed E-state index contributed by atoms with van der Waals surface area (Å²) in [7, 11) is 2.09. The molecule has 110 valence electrons. The molecule has 1 heterocycles. The zero-order valence-electron chi connectivity index (χ0n) is 12.7. The average Bonchev–Trinajstić information content (AvgIpc) is 3.30. The molecule has 2 heteroatoms. The van der Waals surface area contributed by atoms with Crippen molar-refractivity contribution in [1.82, 2.24) is 10.2 Å². The van der Waals surface area contributed by atoms with Gasteiger partial charge in [0.2, 0.25) is 0 Å². The van der Waals surface area contributed by atoms with E-state index in [1.165, 1.54) is 64.5 Å². The van der Waals surface area contributed by atoms with Crippen LogP contribution in [0.15, 0.2) is 0 Å². The summed E-state index contributed by atoms with van der Waals surface area (Å²) in [6.07, 6.45) is 14.9. The van der Waals surface area contributed by atoms with Gasteiger partial charge in [-0.05, 0) is 76.9 Å². The van der Waals surface area contributed by atoms with Gasteiger partial charge < -0.3 is 5.32 Å². The standard InChI is InChI=1S/C17H32N2/c1-18-11-10-16-6-2-3-12-19(16)17-7-4-5-15(13-17)14-8-9-14/h14-18H,2-13H2,1H3. The van der Waals surface area contributed by atoms with Gasteiger partial charge in [0.25, 0.3) is 0 Å². The third kappa shape index (κ3) is 3.52. The zero-order valence-corrected chi connectivity index (χ0v) is 12.7. The lowest BCUT2D eigenvalue weighted by molar-refractivity contribution is 0.0511. The second kappa shape index (κ2) is 6.58. The van der Waals surface area contributed by atoms with Crippen molar-refractivity contribution in [2.75, 3.05) is 20.1 Å². The second-order valence-electron chi connectivity index (χ2n) is 7.20. The Kier molecular flexibility index (Phi) is 4.81. The van der Waals surface area contributed by atoms with Crippen LogP contribution in [0, 0.1) is 11.8 Å². The summed E-state index contributed by atoms with van der Waals surface area (Å²) in [5.41, 5.74) is 0. The monoisotopic (exact) mass is 264 g/mol. The molecule has 2 nitrogen and oxygen atoms in total. The average molecular weight is 264 g/mol. The van der Waals surface area contributed by atoms with Gasteiger partial charge in [0.1, 0.15) is 0 Å². The number of rotatable bonds is 5. The maximum absolute atomic E-state index is 3.35. The summed E-state index contributed by atoms with van der Waals surface area (Å²) in [5.74, 6) is 2.22. The largest absolute Gasteiger partial charge is 0.320 e. The lowest BCUT2D eigenvalue weighted by atomic mass is 9.80. The molecule has 0 radical (unpaired) electrons. The van der Waals surface area contributed by atoms with Gasteiger partial charge in [-0.25, -0.2) is 0 Å². The Balaban J connectivity index is 1.57. The molecule has 0 aromatic carbocycles. The molecule has 3 fully saturated rings. The van der Waals surface area contributed by atoms with Gasteiger partial charge in [0, 0.05) is 12.1 Å². The first-order valence-electron chi connectivity index (χ1n) is 8.79. The molecular weight excluding hydrogens is 232 g/mol. The Morgan fingerprint density at radius 1 is 0.947 bits per heavy atom. The zero-order chi connectivity index (χ0) is 13.1. The molecule has 3 atom stereocenters. The van der Waals surface area contributed by atoms with Crippen LogP contribution < -0.4 is 5.32 Å². The molecule has 0 aromatic heterocycles. The predicted molar refractivity (Wildman–Crippen MR) is 81.4 cm³/mol. The highest BCUT2D eigenvalue weighted by atomic mass is 15.2. The summed E-state index contributed by atoms with van der Waals surface area (Å²) < 4.78 is 0. The first kappa shape index (κ1) is 13.9. The van der Waals surface area contributed by atoms with E-state index in [2.05, 4.69) is 17.3 Å². The summed E-state index contributed by atoms with van der Waals surface area (Å²) in [6, 6.07) is 1.81. The summed E-state index contributed by atoms with van der Waals surface area (Å²) in [5, 5.41) is 3.35. The number of nitrogens with one attached hydrogen (secondary N) is 1. The van der Waals surface area contributed by atoms with Gasteiger partial charge in [-0.1, -0.05) is 19.3 Å². The van der Waals surface area contributed by atoms with Gasteiger partial charge in [-0.3, -0.25) is 4.90 Å². The normalized spacial score (nSPS) is 37.4. The van der Waals surface area contributed by atoms with Gasteiger partial charge in [0.05, 0.1) is 0 Å². The minimum absolute atomic E-state index is 0.879. The van der Waals surface area contributed by atoms with E-state index >= 15 is 0 Å². The van der Waals surface area contributed by atoms with Crippen LogP contribution in [0.25, 0.3) is 0 Å². The van der Waals surface area contributed by atoms with Gasteiger partial charge >= 0.3 is 0 Å². The smallest absolute Gasteiger partial charge is 0.0110 e. The Morgan fingerprint density at radius 3 is 2.63 bits per heavy atom. The second-order valence-corrected chi connectivity index (χ2v) is 7.20. The Bertz CT molecular complexity index is 274. The third-order valence-electron chi connectivity index (χ3n) is 5.85. The molecule has 2 aliphatic carbocycles. The first-order valence-corrected chi connectivity index (χ1v) is 8.79. The summed E-state index contributed by atoms with van der Waals surface area (Å²) in [4.78, 5) is 2.93. The molecule has 2 saturated carbocycles. The van der Waals surface area contributed by atoms with Crippen LogP contribution in [-0.4, -0.2) is 37.1 Å². The summed E-state index contributed by atoms with van der Waals surface area (Å²) in [6.45, 7) is 2.58. The van der Waals surface area contributed by atoms with E-state index in [1.54, 1.807) is 12.8 Å².